The van der Waals surface area contributed by atoms with Gasteiger partial charge < -0.3 is 77.9 Å². The van der Waals surface area contributed by atoms with Crippen molar-refractivity contribution < 1.29 is 100 Å². The zero-order chi connectivity index (χ0) is 109. The van der Waals surface area contributed by atoms with Crippen molar-refractivity contribution in [1.82, 2.24) is 0 Å². The van der Waals surface area contributed by atoms with Gasteiger partial charge in [0.2, 0.25) is 20.0 Å². The van der Waals surface area contributed by atoms with Crippen molar-refractivity contribution in [2.45, 2.75) is 174 Å². The van der Waals surface area contributed by atoms with Gasteiger partial charge >= 0.3 is 6.18 Å². The van der Waals surface area contributed by atoms with E-state index in [1.54, 1.807) is 187 Å². The second-order valence-electron chi connectivity index (χ2n) is 33.5. The molecular formula is C103H124F11N13O12S6-4. The number of rotatable bonds is 29. The number of alkyl halides is 3. The number of anilines is 13. The van der Waals surface area contributed by atoms with E-state index in [1.807, 2.05) is 48.5 Å². The lowest BCUT2D eigenvalue weighted by atomic mass is 10.1. The molecule has 25 nitrogen and oxygen atoms in total. The van der Waals surface area contributed by atoms with Gasteiger partial charge in [-0.2, -0.15) is 13.2 Å². The van der Waals surface area contributed by atoms with Crippen molar-refractivity contribution >= 4 is 138 Å². The van der Waals surface area contributed by atoms with Gasteiger partial charge in [0.1, 0.15) is 40.6 Å². The Kier molecular flexibility index (Phi) is 54.1. The number of nitrogen functional groups attached to an aromatic ring is 4. The van der Waals surface area contributed by atoms with Crippen molar-refractivity contribution in [3.05, 3.63) is 364 Å². The minimum Gasteiger partial charge on any atom is -0.772 e. The van der Waals surface area contributed by atoms with Gasteiger partial charge in [-0.1, -0.05) is 191 Å². The molecule has 0 fully saturated rings. The first-order valence-electron chi connectivity index (χ1n) is 44.8. The zero-order valence-electron chi connectivity index (χ0n) is 82.3. The van der Waals surface area contributed by atoms with Gasteiger partial charge in [0.25, 0.3) is 0 Å². The fraction of sp³-hybridized carbons (Fsp3) is 0.282. The molecule has 0 aliphatic carbocycles. The molecule has 0 bridgehead atoms. The van der Waals surface area contributed by atoms with Gasteiger partial charge in [-0.15, -0.1) is 0 Å². The molecule has 1 heterocycles. The van der Waals surface area contributed by atoms with E-state index in [0.29, 0.717) is 96.0 Å². The number of nitrogens with one attached hydrogen (secondary N) is 8. The lowest BCUT2D eigenvalue weighted by Crippen LogP contribution is -2.22. The average molecular weight is 2140 g/mol. The van der Waals surface area contributed by atoms with Crippen molar-refractivity contribution in [1.29, 1.82) is 0 Å². The SMILES string of the molecule is CC(C)S(=O)(=O)Nc1ccc(CNc2cc(F)cc(F)c2)cc1.CC(C)S(=O)[O-].CC(C)S(=O)[O-].CC(C)S(=O)[O-].CC(C)S(=O)[O-].Cc1cc(C(F)(F)F)ccc1NCc1ccc(N)cc1.Cc1cc(N2CC=CC2)ccc1NCc1ccc(NS(=O)(=O)C(C)C)cc1.Nc1ccc(CNc2c(F)cccc2F)cc1.Nc1ccc(CNc2ccc(F)c(F)c2)cc1.Nc1ccc(CNc2ccc(F)cc2F)cc1. The van der Waals surface area contributed by atoms with Crippen LogP contribution in [-0.2, 0) is 110 Å². The third kappa shape index (κ3) is 49.7. The highest BCUT2D eigenvalue weighted by atomic mass is 32.2. The van der Waals surface area contributed by atoms with Gasteiger partial charge in [0, 0.05) is 154 Å². The van der Waals surface area contributed by atoms with Crippen molar-refractivity contribution in [2.75, 3.05) is 82.3 Å². The summed E-state index contributed by atoms with van der Waals surface area (Å²) in [5.74, 6) is -5.37. The lowest BCUT2D eigenvalue weighted by Gasteiger charge is -2.19. The maximum Gasteiger partial charge on any atom is 0.416 e. The summed E-state index contributed by atoms with van der Waals surface area (Å²) in [5.41, 5.74) is 37.1. The Balaban J connectivity index is 0.000000348. The fourth-order valence-electron chi connectivity index (χ4n) is 11.0. The van der Waals surface area contributed by atoms with Gasteiger partial charge in [-0.3, -0.25) is 26.3 Å². The summed E-state index contributed by atoms with van der Waals surface area (Å²) in [6.45, 7) is 28.2. The van der Waals surface area contributed by atoms with E-state index >= 15 is 0 Å². The zero-order valence-corrected chi connectivity index (χ0v) is 87.2. The van der Waals surface area contributed by atoms with Gasteiger partial charge in [-0.25, -0.2) is 52.0 Å². The highest BCUT2D eigenvalue weighted by molar-refractivity contribution is 7.93. The molecule has 4 atom stereocenters. The standard InChI is InChI=1S/C21H27N3O2S.C16H18F2N2O2S.C15H15F3N2.3C13H12F2N2.4C3H8O2S/c1-16(2)27(25,26)23-19-8-6-18(7-9-19)15-22-21-11-10-20(14-17(21)3)24-12-4-5-13-24;1-11(2)23(21,22)20-15-5-3-12(4-6-15)10-19-16-8-13(17)7-14(18)9-16;1-10-8-12(15(16,17)18)4-7-14(10)20-9-11-2-5-13(19)6-3-11;14-10-3-6-13(12(15)7-10)17-8-9-1-4-11(16)5-2-9;14-12-6-5-11(7-13(12)15)17-8-9-1-3-10(16)4-2-9;14-11-2-1-3-12(15)13(11)17-8-9-4-6-10(16)7-5-9;4*1-3(2)6(4)5/h4-11,14,16,22-23H,12-13,15H2,1-3H3;3-9,11,19-20H,10H2,1-2H3;2-8,20H,9,19H2,1H3;3*1-7,17H,8,16H2;4*3H,1-2H3,(H,4,5)/p-4. The van der Waals surface area contributed by atoms with Crippen molar-refractivity contribution in [2.24, 2.45) is 0 Å². The predicted molar refractivity (Wildman–Crippen MR) is 566 cm³/mol. The number of sulfonamides is 2. The Bertz CT molecular complexity index is 6220. The van der Waals surface area contributed by atoms with E-state index < -0.39 is 133 Å². The Labute approximate surface area is 852 Å². The van der Waals surface area contributed by atoms with Gasteiger partial charge in [-0.05, 0) is 244 Å². The van der Waals surface area contributed by atoms with Gasteiger partial charge in [0.15, 0.2) is 11.6 Å². The summed E-state index contributed by atoms with van der Waals surface area (Å²) in [6, 6.07) is 67.6. The quantitative estimate of drug-likeness (QED) is 0.00896. The maximum atomic E-state index is 13.3. The van der Waals surface area contributed by atoms with Crippen molar-refractivity contribution in [3.8, 4) is 0 Å². The number of nitrogens with zero attached hydrogens (tertiary/aromatic N) is 1. The number of para-hydroxylation sites is 1. The number of benzene rings is 12. The molecule has 1 aliphatic rings. The Hall–Kier alpha value is -12.7. The monoisotopic (exact) mass is 2140 g/mol. The first kappa shape index (κ1) is 125. The molecule has 4 unspecified atom stereocenters. The first-order valence-corrected chi connectivity index (χ1v) is 52.5. The van der Waals surface area contributed by atoms with Crippen LogP contribution in [0.3, 0.4) is 0 Å². The Morgan fingerprint density at radius 1 is 0.324 bits per heavy atom. The number of aryl methyl sites for hydroxylation is 2. The van der Waals surface area contributed by atoms with Crippen LogP contribution >= 0.6 is 0 Å². The van der Waals surface area contributed by atoms with Crippen LogP contribution in [0.1, 0.15) is 133 Å². The van der Waals surface area contributed by atoms with E-state index in [0.717, 1.165) is 88.6 Å². The summed E-state index contributed by atoms with van der Waals surface area (Å²) in [6.07, 6.45) is 0.0685. The Morgan fingerprint density at radius 2 is 0.634 bits per heavy atom. The molecular weight excluding hydrogens is 2010 g/mol. The summed E-state index contributed by atoms with van der Waals surface area (Å²) >= 11 is -7.47. The molecule has 0 spiro atoms. The number of hydrogen-bond donors (Lipinski definition) is 12. The molecule has 0 amide bonds. The summed E-state index contributed by atoms with van der Waals surface area (Å²) in [4.78, 5) is 2.33. The molecule has 12 aromatic rings. The molecule has 790 valence electrons. The molecule has 1 aliphatic heterocycles. The number of nitrogens with two attached hydrogens (primary N) is 4. The van der Waals surface area contributed by atoms with Crippen LogP contribution in [0.2, 0.25) is 0 Å². The number of hydrogen-bond acceptors (Lipinski definition) is 23. The van der Waals surface area contributed by atoms with Crippen LogP contribution < -0.4 is 69.2 Å². The third-order valence-electron chi connectivity index (χ3n) is 19.7. The minimum absolute atomic E-state index is 0.107. The topological polar surface area (TPSA) is 432 Å². The lowest BCUT2D eigenvalue weighted by molar-refractivity contribution is -0.137. The fourth-order valence-corrected chi connectivity index (χ4v) is 12.4. The normalized spacial score (nSPS) is 12.1. The largest absolute Gasteiger partial charge is 0.772 e. The van der Waals surface area contributed by atoms with Crippen LogP contribution in [0.25, 0.3) is 0 Å². The van der Waals surface area contributed by atoms with Crippen LogP contribution in [-0.4, -0.2) is 96.5 Å². The number of halogens is 11. The van der Waals surface area contributed by atoms with E-state index in [2.05, 4.69) is 83.5 Å². The molecule has 0 radical (unpaired) electrons. The van der Waals surface area contributed by atoms with Crippen LogP contribution in [0, 0.1) is 60.4 Å². The van der Waals surface area contributed by atoms with E-state index in [1.165, 1.54) is 65.8 Å². The first-order chi connectivity index (χ1) is 68.0. The summed E-state index contributed by atoms with van der Waals surface area (Å²) in [5, 5.41) is 16.2. The highest BCUT2D eigenvalue weighted by Crippen LogP contribution is 2.33. The van der Waals surface area contributed by atoms with Crippen molar-refractivity contribution in [3.63, 3.8) is 0 Å². The smallest absolute Gasteiger partial charge is 0.416 e. The molecule has 12 aromatic carbocycles. The van der Waals surface area contributed by atoms with E-state index in [4.69, 9.17) is 22.9 Å². The minimum atomic E-state index is -4.31. The Morgan fingerprint density at radius 3 is 0.959 bits per heavy atom. The molecule has 16 N–H and O–H groups in total. The van der Waals surface area contributed by atoms with Crippen LogP contribution in [0.5, 0.6) is 0 Å². The highest BCUT2D eigenvalue weighted by Gasteiger charge is 2.31. The molecule has 145 heavy (non-hydrogen) atoms. The second-order valence-corrected chi connectivity index (χ2v) is 43.9. The average Bonchev–Trinajstić information content (AvgIpc) is 1.83. The summed E-state index contributed by atoms with van der Waals surface area (Å²) in [7, 11) is -6.69. The third-order valence-corrected chi connectivity index (χ3v) is 26.3. The molecule has 13 rings (SSSR count). The van der Waals surface area contributed by atoms with E-state index in [9.17, 15) is 100 Å². The molecule has 42 heteroatoms. The summed E-state index contributed by atoms with van der Waals surface area (Å²) < 4.78 is 272. The molecule has 0 aromatic heterocycles. The second kappa shape index (κ2) is 62.9. The van der Waals surface area contributed by atoms with Crippen LogP contribution in [0.15, 0.2) is 267 Å². The van der Waals surface area contributed by atoms with Crippen LogP contribution in [0.4, 0.5) is 122 Å². The predicted octanol–water partition coefficient (Wildman–Crippen LogP) is 22.6. The van der Waals surface area contributed by atoms with Gasteiger partial charge in [0.05, 0.1) is 21.8 Å². The molecule has 0 saturated heterocycles. The molecule has 0 saturated carbocycles. The van der Waals surface area contributed by atoms with E-state index in [-0.39, 0.29) is 32.4 Å². The maximum absolute atomic E-state index is 13.3.